The quantitative estimate of drug-likeness (QED) is 0.0468. The first-order chi connectivity index (χ1) is 29.6. The molecule has 3 aliphatic carbocycles. The highest BCUT2D eigenvalue weighted by molar-refractivity contribution is 8.77. The van der Waals surface area contributed by atoms with Gasteiger partial charge in [0.05, 0.1) is 19.3 Å². The Hall–Kier alpha value is -1.11. The van der Waals surface area contributed by atoms with E-state index in [2.05, 4.69) is 55.7 Å². The highest BCUT2D eigenvalue weighted by atomic mass is 33.1. The van der Waals surface area contributed by atoms with E-state index in [0.717, 1.165) is 83.4 Å². The second-order valence-corrected chi connectivity index (χ2v) is 22.0. The summed E-state index contributed by atoms with van der Waals surface area (Å²) >= 11 is 0. The Balaban J connectivity index is 1.12. The van der Waals surface area contributed by atoms with Crippen molar-refractivity contribution in [1.82, 2.24) is 4.90 Å². The van der Waals surface area contributed by atoms with E-state index in [4.69, 9.17) is 18.9 Å². The fourth-order valence-electron chi connectivity index (χ4n) is 10.2. The number of fused-ring (bicyclic) bond motifs is 5. The number of unbranched alkanes of at least 4 members (excludes halogenated alkanes) is 5. The smallest absolute Gasteiger partial charge is 0.435 e. The maximum Gasteiger partial charge on any atom is 0.435 e. The normalized spacial score (nSPS) is 23.3. The van der Waals surface area contributed by atoms with Crippen LogP contribution in [-0.4, -0.2) is 113 Å². The second kappa shape index (κ2) is 24.3. The molecule has 366 valence electrons. The van der Waals surface area contributed by atoms with Crippen LogP contribution in [0.15, 0.2) is 18.2 Å². The molecule has 5 unspecified atom stereocenters. The summed E-state index contributed by atoms with van der Waals surface area (Å²) in [5, 5.41) is 0. The van der Waals surface area contributed by atoms with E-state index in [1.165, 1.54) is 42.6 Å². The second-order valence-electron chi connectivity index (χ2n) is 18.9. The van der Waals surface area contributed by atoms with Crippen LogP contribution in [0.25, 0.3) is 0 Å². The van der Waals surface area contributed by atoms with Gasteiger partial charge in [0.2, 0.25) is 0 Å². The molecule has 4 rings (SSSR count). The molecule has 0 radical (unpaired) electrons. The molecular formula is C46H72F9NO5S2. The lowest BCUT2D eigenvalue weighted by atomic mass is 9.55. The number of aryl methyl sites for hydroxylation is 1. The molecule has 1 aromatic rings. The Bertz CT molecular complexity index is 1460. The molecule has 5 atom stereocenters. The molecule has 0 N–H and O–H groups in total. The summed E-state index contributed by atoms with van der Waals surface area (Å²) in [6.07, 6.45) is -7.11. The minimum atomic E-state index is -6.71. The number of hydrogen-bond acceptors (Lipinski definition) is 8. The number of halogens is 9. The van der Waals surface area contributed by atoms with Gasteiger partial charge >= 0.3 is 24.1 Å². The van der Waals surface area contributed by atoms with E-state index in [-0.39, 0.29) is 35.7 Å². The summed E-state index contributed by atoms with van der Waals surface area (Å²) in [5.74, 6) is 3.98. The van der Waals surface area contributed by atoms with Gasteiger partial charge in [-0.25, -0.2) is 0 Å². The van der Waals surface area contributed by atoms with Crippen molar-refractivity contribution in [2.75, 3.05) is 73.1 Å². The van der Waals surface area contributed by atoms with Crippen LogP contribution in [0.1, 0.15) is 128 Å². The monoisotopic (exact) mass is 953 g/mol. The number of likely N-dealkylation sites (N-methyl/N-ethyl adjacent to an activating group) is 1. The van der Waals surface area contributed by atoms with Crippen molar-refractivity contribution in [3.8, 4) is 5.75 Å². The molecule has 0 aromatic heterocycles. The highest BCUT2D eigenvalue weighted by Gasteiger charge is 2.85. The molecule has 0 saturated heterocycles. The summed E-state index contributed by atoms with van der Waals surface area (Å²) in [6, 6.07) is 6.57. The van der Waals surface area contributed by atoms with Crippen molar-refractivity contribution in [1.29, 1.82) is 0 Å². The molecule has 63 heavy (non-hydrogen) atoms. The molecule has 6 nitrogen and oxygen atoms in total. The lowest BCUT2D eigenvalue weighted by Gasteiger charge is -2.50. The minimum absolute atomic E-state index is 0.0375. The van der Waals surface area contributed by atoms with Crippen molar-refractivity contribution in [2.45, 2.75) is 158 Å². The first-order valence-corrected chi connectivity index (χ1v) is 25.1. The zero-order chi connectivity index (χ0) is 46.5. The van der Waals surface area contributed by atoms with Gasteiger partial charge in [-0.15, -0.1) is 0 Å². The molecule has 0 amide bonds. The van der Waals surface area contributed by atoms with Crippen LogP contribution in [0, 0.1) is 23.2 Å². The Morgan fingerprint density at radius 1 is 0.778 bits per heavy atom. The third kappa shape index (κ3) is 14.7. The summed E-state index contributed by atoms with van der Waals surface area (Å²) < 4.78 is 145. The zero-order valence-corrected chi connectivity index (χ0v) is 39.7. The Morgan fingerprint density at radius 2 is 1.43 bits per heavy atom. The number of rotatable bonds is 28. The van der Waals surface area contributed by atoms with Gasteiger partial charge in [0, 0.05) is 50.4 Å². The maximum atomic E-state index is 13.1. The lowest BCUT2D eigenvalue weighted by molar-refractivity contribution is -0.457. The van der Waals surface area contributed by atoms with Gasteiger partial charge in [-0.3, -0.25) is 0 Å². The lowest BCUT2D eigenvalue weighted by Crippen LogP contribution is -2.67. The predicted molar refractivity (Wildman–Crippen MR) is 234 cm³/mol. The van der Waals surface area contributed by atoms with Crippen LogP contribution in [0.3, 0.4) is 0 Å². The largest absolute Gasteiger partial charge is 0.492 e. The minimum Gasteiger partial charge on any atom is -0.492 e. The predicted octanol–water partition coefficient (Wildman–Crippen LogP) is 13.3. The van der Waals surface area contributed by atoms with E-state index in [1.807, 2.05) is 21.6 Å². The molecular weight excluding hydrogens is 882 g/mol. The summed E-state index contributed by atoms with van der Waals surface area (Å²) in [6.45, 7) is 9.79. The van der Waals surface area contributed by atoms with E-state index < -0.39 is 37.2 Å². The zero-order valence-electron chi connectivity index (χ0n) is 38.1. The average molecular weight is 954 g/mol. The molecule has 0 aliphatic heterocycles. The fourth-order valence-corrected chi connectivity index (χ4v) is 12.9. The number of nitrogens with zero attached hydrogens (tertiary/aromatic N) is 1. The SMILES string of the molecule is COCC(CCCCCCSSC(C)(C)CCN(C)CCOc1ccc2c(c1)CCC1C2CCC2(C)C(OCCCCCOC(C(F)(F)F)(C(F)(F)F)C(F)(F)F)CCC12)COC. The number of hydrogen-bond donors (Lipinski definition) is 0. The van der Waals surface area contributed by atoms with Crippen LogP contribution in [0.4, 0.5) is 39.5 Å². The highest BCUT2D eigenvalue weighted by Crippen LogP contribution is 2.62. The van der Waals surface area contributed by atoms with E-state index in [9.17, 15) is 39.5 Å². The molecule has 1 aromatic carbocycles. The van der Waals surface area contributed by atoms with Gasteiger partial charge in [-0.2, -0.15) is 39.5 Å². The third-order valence-corrected chi connectivity index (χ3v) is 17.2. The van der Waals surface area contributed by atoms with Crippen LogP contribution >= 0.6 is 21.6 Å². The van der Waals surface area contributed by atoms with Gasteiger partial charge in [0.15, 0.2) is 0 Å². The summed E-state index contributed by atoms with van der Waals surface area (Å²) in [7, 11) is 9.65. The first-order valence-electron chi connectivity index (χ1n) is 22.8. The van der Waals surface area contributed by atoms with E-state index >= 15 is 0 Å². The number of methoxy groups -OCH3 is 2. The van der Waals surface area contributed by atoms with Crippen LogP contribution in [0.5, 0.6) is 5.75 Å². The van der Waals surface area contributed by atoms with Crippen LogP contribution in [-0.2, 0) is 25.4 Å². The Labute approximate surface area is 377 Å². The summed E-state index contributed by atoms with van der Waals surface area (Å²) in [4.78, 5) is 2.34. The Kier molecular flexibility index (Phi) is 21.0. The molecule has 3 aliphatic rings. The molecule has 17 heteroatoms. The number of alkyl halides is 9. The van der Waals surface area contributed by atoms with Crippen LogP contribution < -0.4 is 4.74 Å². The number of ether oxygens (including phenoxy) is 5. The molecule has 2 saturated carbocycles. The number of benzene rings is 1. The topological polar surface area (TPSA) is 49.4 Å². The Morgan fingerprint density at radius 3 is 2.10 bits per heavy atom. The van der Waals surface area contributed by atoms with E-state index in [1.54, 1.807) is 14.2 Å². The van der Waals surface area contributed by atoms with Gasteiger partial charge in [-0.1, -0.05) is 53.8 Å². The standard InChI is InChI=1S/C46H72F9NO5S2/c1-41(2,63-62-29-13-8-7-10-14-33(31-57-5)32-58-6)23-24-56(4)25-28-59-35-16-18-36-34(30-35)15-17-38-37(36)21-22-42(3)39(38)19-20-40(42)60-26-11-9-12-27-61-43(44(47,48)49,45(50,51)52)46(53,54)55/h16,18,30,33,37-40H,7-15,17,19-29,31-32H2,1-6H3. The van der Waals surface area contributed by atoms with Crippen molar-refractivity contribution >= 4 is 21.6 Å². The van der Waals surface area contributed by atoms with Gasteiger partial charge in [0.25, 0.3) is 0 Å². The first kappa shape index (κ1) is 54.5. The fraction of sp³-hybridized carbons (Fsp3) is 0.870. The van der Waals surface area contributed by atoms with Gasteiger partial charge < -0.3 is 28.6 Å². The van der Waals surface area contributed by atoms with Crippen molar-refractivity contribution in [2.24, 2.45) is 23.2 Å². The molecule has 0 spiro atoms. The molecule has 0 bridgehead atoms. The van der Waals surface area contributed by atoms with Crippen molar-refractivity contribution < 1.29 is 63.2 Å². The maximum absolute atomic E-state index is 13.1. The molecule has 0 heterocycles. The van der Waals surface area contributed by atoms with E-state index in [0.29, 0.717) is 30.3 Å². The van der Waals surface area contributed by atoms with Crippen molar-refractivity contribution in [3.63, 3.8) is 0 Å². The molecule has 2 fully saturated rings. The summed E-state index contributed by atoms with van der Waals surface area (Å²) in [5.41, 5.74) is -3.52. The van der Waals surface area contributed by atoms with Gasteiger partial charge in [-0.05, 0) is 151 Å². The average Bonchev–Trinajstić information content (AvgIpc) is 3.53. The van der Waals surface area contributed by atoms with Crippen LogP contribution in [0.2, 0.25) is 0 Å². The van der Waals surface area contributed by atoms with Gasteiger partial charge in [0.1, 0.15) is 12.4 Å². The third-order valence-electron chi connectivity index (χ3n) is 13.8. The van der Waals surface area contributed by atoms with Crippen molar-refractivity contribution in [3.05, 3.63) is 29.3 Å².